The number of hydrogen-bond donors (Lipinski definition) is 1. The van der Waals surface area contributed by atoms with Gasteiger partial charge in [0.05, 0.1) is 12.7 Å². The zero-order valence-electron chi connectivity index (χ0n) is 12.2. The van der Waals surface area contributed by atoms with Crippen LogP contribution in [0, 0.1) is 0 Å². The van der Waals surface area contributed by atoms with Crippen LogP contribution in [0.15, 0.2) is 18.2 Å². The largest absolute Gasteiger partial charge is 0.454 e. The molecule has 2 N–H and O–H groups in total. The van der Waals surface area contributed by atoms with Crippen molar-refractivity contribution in [3.8, 4) is 11.5 Å². The fourth-order valence-corrected chi connectivity index (χ4v) is 3.93. The van der Waals surface area contributed by atoms with Crippen LogP contribution in [0.2, 0.25) is 0 Å². The Morgan fingerprint density at radius 1 is 1.24 bits per heavy atom. The highest BCUT2D eigenvalue weighted by Gasteiger charge is 2.39. The van der Waals surface area contributed by atoms with Gasteiger partial charge in [-0.3, -0.25) is 4.90 Å². The molecule has 2 fully saturated rings. The third kappa shape index (κ3) is 2.29. The van der Waals surface area contributed by atoms with Gasteiger partial charge in [-0.2, -0.15) is 0 Å². The van der Waals surface area contributed by atoms with Crippen molar-refractivity contribution in [2.45, 2.75) is 37.5 Å². The fourth-order valence-electron chi connectivity index (χ4n) is 3.93. The maximum atomic E-state index is 6.11. The number of benzene rings is 1. The maximum absolute atomic E-state index is 6.11. The average Bonchev–Trinajstić information content (AvgIpc) is 3.16. The first-order valence-corrected chi connectivity index (χ1v) is 7.84. The van der Waals surface area contributed by atoms with E-state index in [4.69, 9.17) is 19.9 Å². The summed E-state index contributed by atoms with van der Waals surface area (Å²) >= 11 is 0. The second-order valence-corrected chi connectivity index (χ2v) is 6.01. The van der Waals surface area contributed by atoms with E-state index in [2.05, 4.69) is 17.0 Å². The van der Waals surface area contributed by atoms with Crippen molar-refractivity contribution in [2.75, 3.05) is 26.5 Å². The Morgan fingerprint density at radius 3 is 3.05 bits per heavy atom. The first kappa shape index (κ1) is 13.4. The summed E-state index contributed by atoms with van der Waals surface area (Å²) in [6.45, 7) is 2.69. The van der Waals surface area contributed by atoms with Crippen molar-refractivity contribution < 1.29 is 14.2 Å². The number of fused-ring (bicyclic) bond motifs is 2. The lowest BCUT2D eigenvalue weighted by atomic mass is 10.00. The molecule has 1 aliphatic carbocycles. The molecular formula is C16H22N2O3. The van der Waals surface area contributed by atoms with E-state index in [1.54, 1.807) is 0 Å². The maximum Gasteiger partial charge on any atom is 0.231 e. The normalized spacial score (nSPS) is 29.4. The summed E-state index contributed by atoms with van der Waals surface area (Å²) in [4.78, 5) is 2.54. The minimum absolute atomic E-state index is 0.231. The van der Waals surface area contributed by atoms with Gasteiger partial charge in [0.15, 0.2) is 11.5 Å². The number of nitrogens with zero attached hydrogens (tertiary/aromatic N) is 1. The van der Waals surface area contributed by atoms with Crippen molar-refractivity contribution in [3.05, 3.63) is 23.8 Å². The molecule has 4 rings (SSSR count). The lowest BCUT2D eigenvalue weighted by Crippen LogP contribution is -2.51. The highest BCUT2D eigenvalue weighted by atomic mass is 16.7. The predicted molar refractivity (Wildman–Crippen MR) is 78.4 cm³/mol. The number of hydrogen-bond acceptors (Lipinski definition) is 5. The highest BCUT2D eigenvalue weighted by molar-refractivity contribution is 5.45. The minimum Gasteiger partial charge on any atom is -0.454 e. The molecule has 1 saturated heterocycles. The van der Waals surface area contributed by atoms with E-state index in [9.17, 15) is 0 Å². The molecular weight excluding hydrogens is 268 g/mol. The smallest absolute Gasteiger partial charge is 0.231 e. The first-order valence-electron chi connectivity index (χ1n) is 7.84. The van der Waals surface area contributed by atoms with Gasteiger partial charge in [0.25, 0.3) is 0 Å². The van der Waals surface area contributed by atoms with Crippen molar-refractivity contribution in [1.29, 1.82) is 0 Å². The molecule has 3 aliphatic rings. The van der Waals surface area contributed by atoms with Gasteiger partial charge < -0.3 is 19.9 Å². The number of nitrogens with two attached hydrogens (primary N) is 1. The standard InChI is InChI=1S/C16H22N2O3/c17-9-13(11-4-5-15-16(8-11)21-10-20-15)18-6-7-19-14-3-1-2-12(14)18/h4-5,8,12-14H,1-3,6-7,9-10,17H2. The molecule has 114 valence electrons. The van der Waals surface area contributed by atoms with Gasteiger partial charge in [0.1, 0.15) is 0 Å². The molecule has 1 aromatic carbocycles. The second-order valence-electron chi connectivity index (χ2n) is 6.01. The highest BCUT2D eigenvalue weighted by Crippen LogP contribution is 2.38. The second kappa shape index (κ2) is 5.48. The van der Waals surface area contributed by atoms with Gasteiger partial charge in [0.2, 0.25) is 6.79 Å². The van der Waals surface area contributed by atoms with Crippen LogP contribution < -0.4 is 15.2 Å². The molecule has 1 saturated carbocycles. The molecule has 0 spiro atoms. The van der Waals surface area contributed by atoms with E-state index < -0.39 is 0 Å². The Labute approximate surface area is 125 Å². The van der Waals surface area contributed by atoms with Gasteiger partial charge in [0, 0.05) is 25.2 Å². The van der Waals surface area contributed by atoms with Crippen LogP contribution in [0.5, 0.6) is 11.5 Å². The summed E-state index contributed by atoms with van der Waals surface area (Å²) in [7, 11) is 0. The lowest BCUT2D eigenvalue weighted by Gasteiger charge is -2.42. The zero-order chi connectivity index (χ0) is 14.2. The molecule has 0 radical (unpaired) electrons. The van der Waals surface area contributed by atoms with E-state index in [0.29, 0.717) is 25.5 Å². The van der Waals surface area contributed by atoms with Gasteiger partial charge in [-0.1, -0.05) is 6.07 Å². The molecule has 0 bridgehead atoms. The SMILES string of the molecule is NCC(c1ccc2c(c1)OCO2)N1CCOC2CCCC21. The summed E-state index contributed by atoms with van der Waals surface area (Å²) in [6, 6.07) is 6.93. The Balaban J connectivity index is 1.61. The molecule has 0 aromatic heterocycles. The summed E-state index contributed by atoms with van der Waals surface area (Å²) in [6.07, 6.45) is 4.04. The molecule has 3 atom stereocenters. The van der Waals surface area contributed by atoms with Crippen molar-refractivity contribution >= 4 is 0 Å². The van der Waals surface area contributed by atoms with E-state index in [-0.39, 0.29) is 6.04 Å². The summed E-state index contributed by atoms with van der Waals surface area (Å²) < 4.78 is 16.8. The quantitative estimate of drug-likeness (QED) is 0.917. The summed E-state index contributed by atoms with van der Waals surface area (Å²) in [5.41, 5.74) is 7.33. The minimum atomic E-state index is 0.231. The van der Waals surface area contributed by atoms with Crippen LogP contribution in [0.4, 0.5) is 0 Å². The van der Waals surface area contributed by atoms with Crippen LogP contribution in [-0.2, 0) is 4.74 Å². The Morgan fingerprint density at radius 2 is 2.14 bits per heavy atom. The fraction of sp³-hybridized carbons (Fsp3) is 0.625. The third-order valence-electron chi connectivity index (χ3n) is 4.93. The molecule has 1 aromatic rings. The predicted octanol–water partition coefficient (Wildman–Crippen LogP) is 1.67. The number of ether oxygens (including phenoxy) is 3. The molecule has 5 nitrogen and oxygen atoms in total. The van der Waals surface area contributed by atoms with Gasteiger partial charge in [-0.05, 0) is 37.0 Å². The monoisotopic (exact) mass is 290 g/mol. The average molecular weight is 290 g/mol. The van der Waals surface area contributed by atoms with E-state index in [0.717, 1.165) is 24.7 Å². The topological polar surface area (TPSA) is 57.0 Å². The van der Waals surface area contributed by atoms with Crippen molar-refractivity contribution in [2.24, 2.45) is 5.73 Å². The van der Waals surface area contributed by atoms with Crippen LogP contribution in [0.25, 0.3) is 0 Å². The van der Waals surface area contributed by atoms with Gasteiger partial charge in [-0.15, -0.1) is 0 Å². The summed E-state index contributed by atoms with van der Waals surface area (Å²) in [5.74, 6) is 1.66. The summed E-state index contributed by atoms with van der Waals surface area (Å²) in [5, 5.41) is 0. The zero-order valence-corrected chi connectivity index (χ0v) is 12.2. The van der Waals surface area contributed by atoms with E-state index in [1.807, 2.05) is 6.07 Å². The molecule has 0 amide bonds. The third-order valence-corrected chi connectivity index (χ3v) is 4.93. The van der Waals surface area contributed by atoms with E-state index >= 15 is 0 Å². The first-order chi connectivity index (χ1) is 10.4. The molecule has 5 heteroatoms. The van der Waals surface area contributed by atoms with Crippen molar-refractivity contribution in [1.82, 2.24) is 4.90 Å². The Kier molecular flexibility index (Phi) is 3.49. The van der Waals surface area contributed by atoms with E-state index in [1.165, 1.54) is 24.8 Å². The van der Waals surface area contributed by atoms with Crippen LogP contribution in [-0.4, -0.2) is 43.5 Å². The Bertz CT molecular complexity index is 522. The van der Waals surface area contributed by atoms with Crippen LogP contribution in [0.1, 0.15) is 30.9 Å². The van der Waals surface area contributed by atoms with Gasteiger partial charge in [-0.25, -0.2) is 0 Å². The molecule has 21 heavy (non-hydrogen) atoms. The van der Waals surface area contributed by atoms with Gasteiger partial charge >= 0.3 is 0 Å². The van der Waals surface area contributed by atoms with Crippen LogP contribution in [0.3, 0.4) is 0 Å². The number of morpholine rings is 1. The van der Waals surface area contributed by atoms with Crippen LogP contribution >= 0.6 is 0 Å². The Hall–Kier alpha value is -1.30. The molecule has 3 unspecified atom stereocenters. The van der Waals surface area contributed by atoms with Crippen molar-refractivity contribution in [3.63, 3.8) is 0 Å². The number of rotatable bonds is 3. The lowest BCUT2D eigenvalue weighted by molar-refractivity contribution is -0.0711. The molecule has 2 aliphatic heterocycles. The molecule has 2 heterocycles.